The largest absolute Gasteiger partial charge is 0.388 e. The van der Waals surface area contributed by atoms with Crippen molar-refractivity contribution >= 4 is 27.7 Å². The molecule has 1 aromatic heterocycles. The quantitative estimate of drug-likeness (QED) is 0.713. The summed E-state index contributed by atoms with van der Waals surface area (Å²) in [7, 11) is 0. The van der Waals surface area contributed by atoms with Crippen LogP contribution in [0.25, 0.3) is 0 Å². The maximum atomic E-state index is 10.7. The van der Waals surface area contributed by atoms with Gasteiger partial charge in [-0.1, -0.05) is 42.1 Å². The smallest absolute Gasteiger partial charge is 0.184 e. The van der Waals surface area contributed by atoms with Crippen molar-refractivity contribution in [3.8, 4) is 6.07 Å². The van der Waals surface area contributed by atoms with E-state index in [-0.39, 0.29) is 5.69 Å². The molecule has 2 fully saturated rings. The number of nitrogens with zero attached hydrogens (tertiary/aromatic N) is 2. The average Bonchev–Trinajstić information content (AvgIpc) is 2.72. The van der Waals surface area contributed by atoms with Gasteiger partial charge in [0.2, 0.25) is 0 Å². The van der Waals surface area contributed by atoms with Crippen LogP contribution in [-0.2, 0) is 14.2 Å². The third-order valence-corrected chi connectivity index (χ3v) is 6.28. The summed E-state index contributed by atoms with van der Waals surface area (Å²) in [6.45, 7) is 0.295. The van der Waals surface area contributed by atoms with Crippen LogP contribution in [0.2, 0.25) is 0 Å². The lowest BCUT2D eigenvalue weighted by Gasteiger charge is -2.47. The number of halogens is 1. The van der Waals surface area contributed by atoms with E-state index in [0.717, 1.165) is 10.0 Å². The molecule has 28 heavy (non-hydrogen) atoms. The molecule has 4 rings (SSSR count). The van der Waals surface area contributed by atoms with Gasteiger partial charge in [-0.05, 0) is 22.0 Å². The van der Waals surface area contributed by atoms with E-state index in [2.05, 4.69) is 20.9 Å². The molecule has 9 heteroatoms. The number of fused-ring (bicyclic) bond motifs is 1. The van der Waals surface area contributed by atoms with E-state index >= 15 is 0 Å². The van der Waals surface area contributed by atoms with Gasteiger partial charge in [-0.15, -0.1) is 0 Å². The lowest BCUT2D eigenvalue weighted by molar-refractivity contribution is -0.297. The molecule has 7 nitrogen and oxygen atoms in total. The number of hydrogen-bond acceptors (Lipinski definition) is 8. The summed E-state index contributed by atoms with van der Waals surface area (Å²) in [5.41, 5.74) is 6.79. The van der Waals surface area contributed by atoms with E-state index in [0.29, 0.717) is 11.5 Å². The summed E-state index contributed by atoms with van der Waals surface area (Å²) < 4.78 is 18.6. The van der Waals surface area contributed by atoms with Gasteiger partial charge >= 0.3 is 0 Å². The number of thioether (sulfide) groups is 1. The molecular weight excluding hydrogens is 446 g/mol. The topological polar surface area (TPSA) is 111 Å². The lowest BCUT2D eigenvalue weighted by Crippen LogP contribution is -2.64. The molecular formula is C19H18BrN3O4S. The Morgan fingerprint density at radius 2 is 2.07 bits per heavy atom. The molecule has 1 aromatic carbocycles. The Morgan fingerprint density at radius 1 is 1.29 bits per heavy atom. The van der Waals surface area contributed by atoms with E-state index < -0.39 is 36.1 Å². The van der Waals surface area contributed by atoms with Crippen molar-refractivity contribution in [2.75, 3.05) is 6.61 Å². The summed E-state index contributed by atoms with van der Waals surface area (Å²) in [6, 6.07) is 12.7. The number of ether oxygens (including phenoxy) is 3. The number of benzene rings is 1. The highest BCUT2D eigenvalue weighted by Crippen LogP contribution is 2.39. The molecule has 0 amide bonds. The van der Waals surface area contributed by atoms with E-state index in [1.54, 1.807) is 12.3 Å². The van der Waals surface area contributed by atoms with Crippen molar-refractivity contribution in [1.82, 2.24) is 4.98 Å². The van der Waals surface area contributed by atoms with Gasteiger partial charge in [0, 0.05) is 21.1 Å². The SMILES string of the molecule is N#Cc1ncc(Br)cc1SC1OC2COC(c3ccccc3)OC2C(N)C1O. The number of aliphatic hydroxyl groups is 1. The molecule has 2 aliphatic rings. The predicted molar refractivity (Wildman–Crippen MR) is 105 cm³/mol. The maximum Gasteiger partial charge on any atom is 0.184 e. The van der Waals surface area contributed by atoms with Gasteiger partial charge in [0.05, 0.1) is 12.6 Å². The van der Waals surface area contributed by atoms with Crippen LogP contribution in [0.15, 0.2) is 52.0 Å². The second-order valence-corrected chi connectivity index (χ2v) is 8.57. The number of hydrogen-bond donors (Lipinski definition) is 2. The predicted octanol–water partition coefficient (Wildman–Crippen LogP) is 2.34. The average molecular weight is 464 g/mol. The Hall–Kier alpha value is -1.51. The highest BCUT2D eigenvalue weighted by atomic mass is 79.9. The molecule has 146 valence electrons. The molecule has 6 unspecified atom stereocenters. The van der Waals surface area contributed by atoms with Crippen LogP contribution >= 0.6 is 27.7 Å². The van der Waals surface area contributed by atoms with Crippen LogP contribution in [0.5, 0.6) is 0 Å². The molecule has 2 aromatic rings. The molecule has 3 N–H and O–H groups in total. The third-order valence-electron chi connectivity index (χ3n) is 4.66. The summed E-state index contributed by atoms with van der Waals surface area (Å²) in [5.74, 6) is 0. The normalized spacial score (nSPS) is 32.4. The number of pyridine rings is 1. The number of nitrogens with two attached hydrogens (primary N) is 1. The van der Waals surface area contributed by atoms with Gasteiger partial charge in [0.15, 0.2) is 12.0 Å². The molecule has 6 atom stereocenters. The van der Waals surface area contributed by atoms with E-state index in [1.807, 2.05) is 36.4 Å². The fourth-order valence-electron chi connectivity index (χ4n) is 3.23. The molecule has 0 saturated carbocycles. The Morgan fingerprint density at radius 3 is 2.82 bits per heavy atom. The minimum Gasteiger partial charge on any atom is -0.388 e. The second-order valence-electron chi connectivity index (χ2n) is 6.52. The van der Waals surface area contributed by atoms with Crippen LogP contribution in [0.1, 0.15) is 17.5 Å². The second kappa shape index (κ2) is 8.47. The molecule has 3 heterocycles. The minimum atomic E-state index is -0.980. The van der Waals surface area contributed by atoms with Gasteiger partial charge in [0.1, 0.15) is 29.8 Å². The molecule has 0 radical (unpaired) electrons. The number of rotatable bonds is 3. The first kappa shape index (κ1) is 19.8. The van der Waals surface area contributed by atoms with Crippen LogP contribution in [0, 0.1) is 11.3 Å². The lowest BCUT2D eigenvalue weighted by atomic mass is 9.97. The van der Waals surface area contributed by atoms with Gasteiger partial charge in [-0.25, -0.2) is 4.98 Å². The first-order chi connectivity index (χ1) is 13.6. The summed E-state index contributed by atoms with van der Waals surface area (Å²) >= 11 is 4.56. The van der Waals surface area contributed by atoms with Gasteiger partial charge < -0.3 is 25.1 Å². The Labute approximate surface area is 174 Å². The highest BCUT2D eigenvalue weighted by Gasteiger charge is 2.48. The molecule has 2 aliphatic heterocycles. The van der Waals surface area contributed by atoms with Crippen molar-refractivity contribution in [2.24, 2.45) is 5.73 Å². The minimum absolute atomic E-state index is 0.264. The zero-order valence-electron chi connectivity index (χ0n) is 14.6. The number of aromatic nitrogens is 1. The summed E-state index contributed by atoms with van der Waals surface area (Å²) in [6.07, 6.45) is -0.891. The van der Waals surface area contributed by atoms with Crippen molar-refractivity contribution < 1.29 is 19.3 Å². The van der Waals surface area contributed by atoms with Crippen molar-refractivity contribution in [1.29, 1.82) is 5.26 Å². The van der Waals surface area contributed by atoms with Crippen molar-refractivity contribution in [3.63, 3.8) is 0 Å². The molecule has 0 aliphatic carbocycles. The maximum absolute atomic E-state index is 10.7. The van der Waals surface area contributed by atoms with Crippen molar-refractivity contribution in [2.45, 2.75) is 41.0 Å². The van der Waals surface area contributed by atoms with E-state index in [4.69, 9.17) is 19.9 Å². The Kier molecular flexibility index (Phi) is 5.99. The zero-order valence-corrected chi connectivity index (χ0v) is 17.0. The third kappa shape index (κ3) is 3.95. The molecule has 0 spiro atoms. The number of nitriles is 1. The Balaban J connectivity index is 1.50. The van der Waals surface area contributed by atoms with Crippen LogP contribution < -0.4 is 5.73 Å². The monoisotopic (exact) mass is 463 g/mol. The summed E-state index contributed by atoms with van der Waals surface area (Å²) in [4.78, 5) is 4.69. The van der Waals surface area contributed by atoms with Gasteiger partial charge in [0.25, 0.3) is 0 Å². The fraction of sp³-hybridized carbons (Fsp3) is 0.368. The zero-order chi connectivity index (χ0) is 19.7. The van der Waals surface area contributed by atoms with Crippen molar-refractivity contribution in [3.05, 3.63) is 58.3 Å². The van der Waals surface area contributed by atoms with Gasteiger partial charge in [-0.3, -0.25) is 0 Å². The Bertz CT molecular complexity index is 879. The standard InChI is InChI=1S/C19H18BrN3O4S/c20-11-6-14(12(7-21)23-8-11)28-19-16(24)15(22)17-13(26-19)9-25-18(27-17)10-4-2-1-3-5-10/h1-6,8,13,15-19,24H,9,22H2. The molecule has 2 saturated heterocycles. The molecule has 0 bridgehead atoms. The van der Waals surface area contributed by atoms with Crippen LogP contribution in [-0.4, -0.2) is 46.5 Å². The van der Waals surface area contributed by atoms with E-state index in [9.17, 15) is 10.4 Å². The number of aliphatic hydroxyl groups excluding tert-OH is 1. The highest BCUT2D eigenvalue weighted by molar-refractivity contribution is 9.10. The van der Waals surface area contributed by atoms with Crippen LogP contribution in [0.4, 0.5) is 0 Å². The first-order valence-electron chi connectivity index (χ1n) is 8.70. The first-order valence-corrected chi connectivity index (χ1v) is 10.4. The fourth-order valence-corrected chi connectivity index (χ4v) is 4.89. The van der Waals surface area contributed by atoms with E-state index in [1.165, 1.54) is 11.8 Å². The van der Waals surface area contributed by atoms with Crippen LogP contribution in [0.3, 0.4) is 0 Å². The summed E-state index contributed by atoms with van der Waals surface area (Å²) in [5, 5.41) is 20.0. The van der Waals surface area contributed by atoms with Gasteiger partial charge in [-0.2, -0.15) is 5.26 Å².